The number of piperazine rings is 1. The fraction of sp³-hybridized carbons (Fsp3) is 0.571. The van der Waals surface area contributed by atoms with Crippen molar-refractivity contribution in [3.8, 4) is 11.3 Å². The van der Waals surface area contributed by atoms with E-state index >= 15 is 0 Å². The van der Waals surface area contributed by atoms with Gasteiger partial charge in [-0.05, 0) is 55.3 Å². The van der Waals surface area contributed by atoms with Gasteiger partial charge in [0.15, 0.2) is 0 Å². The fourth-order valence-corrected chi connectivity index (χ4v) is 5.95. The Morgan fingerprint density at radius 1 is 1.00 bits per heavy atom. The van der Waals surface area contributed by atoms with Gasteiger partial charge in [-0.2, -0.15) is 4.98 Å². The maximum Gasteiger partial charge on any atom is 0.222 e. The predicted octanol–water partition coefficient (Wildman–Crippen LogP) is 4.57. The molecule has 6 nitrogen and oxygen atoms in total. The number of rotatable bonds is 5. The zero-order valence-electron chi connectivity index (χ0n) is 21.0. The summed E-state index contributed by atoms with van der Waals surface area (Å²) in [5.74, 6) is 2.65. The third-order valence-electron chi connectivity index (χ3n) is 8.36. The van der Waals surface area contributed by atoms with Crippen LogP contribution in [0.1, 0.15) is 50.2 Å². The van der Waals surface area contributed by atoms with Gasteiger partial charge in [-0.15, -0.1) is 0 Å². The van der Waals surface area contributed by atoms with Gasteiger partial charge in [-0.3, -0.25) is 0 Å². The van der Waals surface area contributed by atoms with Crippen LogP contribution in [0, 0.1) is 11.8 Å². The molecule has 1 aromatic carbocycles. The molecule has 1 aliphatic carbocycles. The summed E-state index contributed by atoms with van der Waals surface area (Å²) in [7, 11) is 2.16. The van der Waals surface area contributed by atoms with Gasteiger partial charge in [-0.1, -0.05) is 44.9 Å². The number of hydrogen-bond donors (Lipinski definition) is 1. The summed E-state index contributed by atoms with van der Waals surface area (Å²) in [6, 6.07) is 8.90. The second-order valence-corrected chi connectivity index (χ2v) is 10.6. The van der Waals surface area contributed by atoms with Crippen LogP contribution in [-0.2, 0) is 13.0 Å². The summed E-state index contributed by atoms with van der Waals surface area (Å²) in [6.07, 6.45) is 7.96. The van der Waals surface area contributed by atoms with Gasteiger partial charge in [0.05, 0.1) is 5.69 Å². The van der Waals surface area contributed by atoms with Crippen LogP contribution in [0.2, 0.25) is 0 Å². The molecule has 6 heteroatoms. The van der Waals surface area contributed by atoms with Crippen molar-refractivity contribution in [2.75, 3.05) is 50.4 Å². The van der Waals surface area contributed by atoms with E-state index in [0.29, 0.717) is 11.9 Å². The molecule has 3 heterocycles. The van der Waals surface area contributed by atoms with Crippen LogP contribution in [-0.4, -0.2) is 59.5 Å². The van der Waals surface area contributed by atoms with Gasteiger partial charge in [0, 0.05) is 56.6 Å². The summed E-state index contributed by atoms with van der Waals surface area (Å²) in [6.45, 7) is 13.0. The van der Waals surface area contributed by atoms with Gasteiger partial charge in [0.2, 0.25) is 5.95 Å². The minimum absolute atomic E-state index is 0.348. The van der Waals surface area contributed by atoms with Crippen LogP contribution in [0.3, 0.4) is 0 Å². The largest absolute Gasteiger partial charge is 0.370 e. The van der Waals surface area contributed by atoms with Crippen LogP contribution >= 0.6 is 0 Å². The molecule has 182 valence electrons. The van der Waals surface area contributed by atoms with Gasteiger partial charge in [0.1, 0.15) is 5.82 Å². The number of likely N-dealkylation sites (N-methyl/N-ethyl adjacent to an activating group) is 1. The van der Waals surface area contributed by atoms with E-state index in [4.69, 9.17) is 5.73 Å². The van der Waals surface area contributed by atoms with E-state index in [2.05, 4.69) is 69.5 Å². The van der Waals surface area contributed by atoms with Crippen LogP contribution in [0.25, 0.3) is 11.3 Å². The molecule has 2 aliphatic heterocycles. The number of nitrogens with two attached hydrogens (primary N) is 1. The second-order valence-electron chi connectivity index (χ2n) is 10.6. The molecule has 1 saturated carbocycles. The van der Waals surface area contributed by atoms with Crippen molar-refractivity contribution in [2.24, 2.45) is 11.8 Å². The highest BCUT2D eigenvalue weighted by Gasteiger charge is 2.27. The van der Waals surface area contributed by atoms with Crippen molar-refractivity contribution >= 4 is 11.8 Å². The Morgan fingerprint density at radius 2 is 1.76 bits per heavy atom. The Labute approximate surface area is 204 Å². The number of nitrogen functional groups attached to an aromatic ring is 1. The van der Waals surface area contributed by atoms with E-state index in [1.54, 1.807) is 0 Å². The third-order valence-corrected chi connectivity index (χ3v) is 8.36. The molecule has 2 fully saturated rings. The monoisotopic (exact) mass is 460 g/mol. The van der Waals surface area contributed by atoms with Gasteiger partial charge < -0.3 is 20.4 Å². The van der Waals surface area contributed by atoms with Gasteiger partial charge in [-0.25, -0.2) is 4.98 Å². The summed E-state index contributed by atoms with van der Waals surface area (Å²) in [4.78, 5) is 16.3. The lowest BCUT2D eigenvalue weighted by Gasteiger charge is -2.38. The minimum atomic E-state index is 0.348. The summed E-state index contributed by atoms with van der Waals surface area (Å²) < 4.78 is 0. The molecule has 5 rings (SSSR count). The zero-order valence-corrected chi connectivity index (χ0v) is 21.0. The molecule has 1 aromatic heterocycles. The molecule has 2 aromatic rings. The van der Waals surface area contributed by atoms with Crippen LogP contribution in [0.15, 0.2) is 36.5 Å². The van der Waals surface area contributed by atoms with Crippen LogP contribution < -0.4 is 10.6 Å². The highest BCUT2D eigenvalue weighted by atomic mass is 15.3. The quantitative estimate of drug-likeness (QED) is 0.706. The Balaban J connectivity index is 1.34. The summed E-state index contributed by atoms with van der Waals surface area (Å²) >= 11 is 0. The first kappa shape index (κ1) is 23.2. The molecular weight excluding hydrogens is 420 g/mol. The highest BCUT2D eigenvalue weighted by Crippen LogP contribution is 2.36. The SMILES string of the molecule is C=C(C(C)C1CCCCC1)N1CCc2ccc(-c3cc(N4CCN(C)CC4)nc(N)n3)cc2C1. The van der Waals surface area contributed by atoms with Gasteiger partial charge in [0.25, 0.3) is 0 Å². The summed E-state index contributed by atoms with van der Waals surface area (Å²) in [5, 5.41) is 0. The number of allylic oxidation sites excluding steroid dienone is 1. The second kappa shape index (κ2) is 9.95. The maximum atomic E-state index is 6.16. The number of anilines is 2. The third kappa shape index (κ3) is 4.92. The fourth-order valence-electron chi connectivity index (χ4n) is 5.95. The standard InChI is InChI=1S/C28H40N6/c1-20(22-7-5-4-6-8-22)21(2)34-12-11-23-9-10-24(17-25(23)19-34)26-18-27(31-28(29)30-26)33-15-13-32(3)14-16-33/h9-10,17-18,20,22H,2,4-8,11-16,19H2,1,3H3,(H2,29,30,31). The van der Waals surface area contributed by atoms with Crippen molar-refractivity contribution in [1.29, 1.82) is 0 Å². The molecule has 1 atom stereocenters. The molecule has 3 aliphatic rings. The highest BCUT2D eigenvalue weighted by molar-refractivity contribution is 5.66. The molecule has 1 unspecified atom stereocenters. The number of fused-ring (bicyclic) bond motifs is 1. The number of benzene rings is 1. The first-order chi connectivity index (χ1) is 16.5. The van der Waals surface area contributed by atoms with Crippen LogP contribution in [0.4, 0.5) is 11.8 Å². The molecule has 0 amide bonds. The Morgan fingerprint density at radius 3 is 2.53 bits per heavy atom. The van der Waals surface area contributed by atoms with Gasteiger partial charge >= 0.3 is 0 Å². The Kier molecular flexibility index (Phi) is 6.77. The number of aromatic nitrogens is 2. The lowest BCUT2D eigenvalue weighted by molar-refractivity contribution is 0.220. The molecular formula is C28H40N6. The number of hydrogen-bond acceptors (Lipinski definition) is 6. The Hall–Kier alpha value is -2.60. The first-order valence-corrected chi connectivity index (χ1v) is 13.1. The zero-order chi connectivity index (χ0) is 23.7. The number of nitrogens with zero attached hydrogens (tertiary/aromatic N) is 5. The van der Waals surface area contributed by atoms with E-state index in [9.17, 15) is 0 Å². The van der Waals surface area contributed by atoms with E-state index in [-0.39, 0.29) is 0 Å². The normalized spacial score (nSPS) is 20.8. The minimum Gasteiger partial charge on any atom is -0.370 e. The average Bonchev–Trinajstić information content (AvgIpc) is 2.87. The van der Waals surface area contributed by atoms with Crippen molar-refractivity contribution in [3.63, 3.8) is 0 Å². The summed E-state index contributed by atoms with van der Waals surface area (Å²) in [5.41, 5.74) is 12.3. The van der Waals surface area contributed by atoms with Crippen LogP contribution in [0.5, 0.6) is 0 Å². The molecule has 0 radical (unpaired) electrons. The molecule has 1 saturated heterocycles. The molecule has 2 N–H and O–H groups in total. The van der Waals surface area contributed by atoms with Crippen molar-refractivity contribution < 1.29 is 0 Å². The van der Waals surface area contributed by atoms with E-state index in [0.717, 1.165) is 68.7 Å². The smallest absolute Gasteiger partial charge is 0.222 e. The van der Waals surface area contributed by atoms with Crippen molar-refractivity contribution in [2.45, 2.75) is 52.0 Å². The van der Waals surface area contributed by atoms with Crippen molar-refractivity contribution in [1.82, 2.24) is 19.8 Å². The lowest BCUT2D eigenvalue weighted by atomic mass is 9.79. The predicted molar refractivity (Wildman–Crippen MR) is 141 cm³/mol. The first-order valence-electron chi connectivity index (χ1n) is 13.1. The van der Waals surface area contributed by atoms with Crippen molar-refractivity contribution in [3.05, 3.63) is 47.7 Å². The molecule has 0 bridgehead atoms. The average molecular weight is 461 g/mol. The van der Waals surface area contributed by atoms with E-state index < -0.39 is 0 Å². The Bertz CT molecular complexity index is 1020. The lowest BCUT2D eigenvalue weighted by Crippen LogP contribution is -2.44. The topological polar surface area (TPSA) is 61.5 Å². The molecule has 34 heavy (non-hydrogen) atoms. The van der Waals surface area contributed by atoms with E-state index in [1.165, 1.54) is 48.9 Å². The molecule has 0 spiro atoms. The van der Waals surface area contributed by atoms with E-state index in [1.807, 2.05) is 0 Å². The maximum absolute atomic E-state index is 6.16.